The highest BCUT2D eigenvalue weighted by Gasteiger charge is 2.68. The molecule has 2 aromatic carbocycles. The van der Waals surface area contributed by atoms with Crippen LogP contribution in [0, 0.1) is 36.0 Å². The Bertz CT molecular complexity index is 2360. The van der Waals surface area contributed by atoms with Gasteiger partial charge in [0.15, 0.2) is 0 Å². The zero-order valence-corrected chi connectivity index (χ0v) is 32.4. The molecule has 15 heteroatoms. The zero-order valence-electron chi connectivity index (χ0n) is 30.8. The van der Waals surface area contributed by atoms with Gasteiger partial charge in [-0.3, -0.25) is 33.6 Å². The van der Waals surface area contributed by atoms with Crippen LogP contribution in [0.5, 0.6) is 17.2 Å². The molecule has 13 nitrogen and oxygen atoms in total. The summed E-state index contributed by atoms with van der Waals surface area (Å²) >= 11 is 7.85. The van der Waals surface area contributed by atoms with Crippen LogP contribution in [0.1, 0.15) is 49.7 Å². The van der Waals surface area contributed by atoms with Crippen molar-refractivity contribution in [2.24, 2.45) is 36.1 Å². The molecular weight excluding hydrogens is 748 g/mol. The van der Waals surface area contributed by atoms with E-state index in [1.165, 1.54) is 47.3 Å². The summed E-state index contributed by atoms with van der Waals surface area (Å²) in [4.78, 5) is 72.5. The molecule has 4 amide bonds. The Morgan fingerprint density at radius 2 is 1.75 bits per heavy atom. The number of imide groups is 2. The number of carbonyl (C=O) groups is 5. The number of aliphatic carboxylic acids is 1. The maximum absolute atomic E-state index is 15.2. The summed E-state index contributed by atoms with van der Waals surface area (Å²) < 4.78 is 14.2. The topological polar surface area (TPSA) is 169 Å². The molecule has 2 aliphatic heterocycles. The van der Waals surface area contributed by atoms with E-state index in [4.69, 9.17) is 26.2 Å². The molecule has 2 aromatic heterocycles. The van der Waals surface area contributed by atoms with Crippen molar-refractivity contribution in [3.63, 3.8) is 0 Å². The second-order valence-electron chi connectivity index (χ2n) is 15.0. The van der Waals surface area contributed by atoms with Crippen molar-refractivity contribution in [2.75, 3.05) is 25.7 Å². The molecule has 0 spiro atoms. The number of allylic oxidation sites excluding steroid dienone is 2. The number of likely N-dealkylation sites (tertiary alicyclic amines) is 1. The van der Waals surface area contributed by atoms with Crippen LogP contribution in [-0.4, -0.2) is 75.3 Å². The summed E-state index contributed by atoms with van der Waals surface area (Å²) in [5.74, 6) is -6.03. The number of hydrogen-bond donors (Lipinski definition) is 2. The molecule has 6 unspecified atom stereocenters. The Kier molecular flexibility index (Phi) is 8.84. The summed E-state index contributed by atoms with van der Waals surface area (Å²) in [5, 5.41) is 26.2. The van der Waals surface area contributed by atoms with Crippen molar-refractivity contribution in [2.45, 2.75) is 45.4 Å². The molecule has 6 atom stereocenters. The fourth-order valence-corrected chi connectivity index (χ4v) is 11.0. The van der Waals surface area contributed by atoms with Gasteiger partial charge in [-0.05, 0) is 68.2 Å². The molecule has 0 bridgehead atoms. The molecule has 1 saturated carbocycles. The van der Waals surface area contributed by atoms with Gasteiger partial charge >= 0.3 is 5.97 Å². The van der Waals surface area contributed by atoms with Crippen LogP contribution in [0.4, 0.5) is 5.82 Å². The van der Waals surface area contributed by atoms with Crippen molar-refractivity contribution >= 4 is 68.4 Å². The number of fused-ring (bicyclic) bond motifs is 5. The molecule has 2 N–H and O–H groups in total. The molecule has 55 heavy (non-hydrogen) atoms. The maximum Gasteiger partial charge on any atom is 0.303 e. The molecule has 2 aliphatic carbocycles. The fourth-order valence-electron chi connectivity index (χ4n) is 9.64. The molecule has 2 saturated heterocycles. The Hall–Kier alpha value is -5.21. The van der Waals surface area contributed by atoms with Crippen molar-refractivity contribution < 1.29 is 43.7 Å². The first-order chi connectivity index (χ1) is 26.2. The Balaban J connectivity index is 1.26. The lowest BCUT2D eigenvalue weighted by molar-refractivity contribution is -0.142. The molecule has 286 valence electrons. The highest BCUT2D eigenvalue weighted by molar-refractivity contribution is 7.22. The van der Waals surface area contributed by atoms with Gasteiger partial charge in [-0.2, -0.15) is 5.10 Å². The van der Waals surface area contributed by atoms with E-state index >= 15 is 4.79 Å². The van der Waals surface area contributed by atoms with Crippen molar-refractivity contribution in [1.82, 2.24) is 14.7 Å². The minimum absolute atomic E-state index is 0.0243. The van der Waals surface area contributed by atoms with E-state index in [2.05, 4.69) is 0 Å². The van der Waals surface area contributed by atoms with Gasteiger partial charge in [0.1, 0.15) is 28.8 Å². The van der Waals surface area contributed by atoms with Gasteiger partial charge in [-0.1, -0.05) is 23.3 Å². The number of hydrogen-bond acceptors (Lipinski definition) is 10. The average Bonchev–Trinajstić information content (AvgIpc) is 3.82. The van der Waals surface area contributed by atoms with Crippen LogP contribution in [-0.2, 0) is 31.0 Å². The number of phenolic OH excluding ortho intramolecular Hbond substituents is 1. The average molecular weight is 787 g/mol. The van der Waals surface area contributed by atoms with Gasteiger partial charge in [0, 0.05) is 59.4 Å². The number of methoxy groups -OCH3 is 2. The Labute approximate surface area is 325 Å². The van der Waals surface area contributed by atoms with Crippen LogP contribution in [0.3, 0.4) is 0 Å². The van der Waals surface area contributed by atoms with Gasteiger partial charge < -0.3 is 19.7 Å². The predicted octanol–water partition coefficient (Wildman–Crippen LogP) is 6.08. The number of carboxylic acids is 1. The quantitative estimate of drug-likeness (QED) is 0.150. The van der Waals surface area contributed by atoms with E-state index in [9.17, 15) is 29.4 Å². The van der Waals surface area contributed by atoms with E-state index in [1.54, 1.807) is 20.0 Å². The largest absolute Gasteiger partial charge is 0.508 e. The van der Waals surface area contributed by atoms with E-state index in [1.807, 2.05) is 31.2 Å². The van der Waals surface area contributed by atoms with Gasteiger partial charge in [-0.15, -0.1) is 11.3 Å². The highest BCUT2D eigenvalue weighted by Crippen LogP contribution is 2.65. The summed E-state index contributed by atoms with van der Waals surface area (Å²) in [5.41, 5.74) is 1.28. The number of halogens is 1. The number of aromatic hydroxyl groups is 1. The van der Waals surface area contributed by atoms with E-state index in [0.717, 1.165) is 25.4 Å². The van der Waals surface area contributed by atoms with E-state index in [-0.39, 0.29) is 61.2 Å². The predicted molar refractivity (Wildman–Crippen MR) is 203 cm³/mol. The molecular formula is C40H39ClN4O9S. The number of phenols is 1. The number of carboxylic acid groups (broad SMARTS) is 1. The lowest BCUT2D eigenvalue weighted by Crippen LogP contribution is -2.49. The van der Waals surface area contributed by atoms with Crippen LogP contribution >= 0.6 is 22.9 Å². The van der Waals surface area contributed by atoms with Crippen LogP contribution in [0.25, 0.3) is 20.7 Å². The summed E-state index contributed by atoms with van der Waals surface area (Å²) in [7, 11) is 4.56. The van der Waals surface area contributed by atoms with Gasteiger partial charge in [0.2, 0.25) is 23.6 Å². The number of rotatable bonds is 9. The fraction of sp³-hybridized carbons (Fsp3) is 0.400. The first-order valence-corrected chi connectivity index (χ1v) is 19.2. The number of ether oxygens (including phenoxy) is 2. The number of nitrogens with zero attached hydrogens (tertiary/aromatic N) is 4. The number of anilines is 1. The normalized spacial score (nSPS) is 26.0. The van der Waals surface area contributed by atoms with Gasteiger partial charge in [-0.25, -0.2) is 4.90 Å². The molecule has 0 radical (unpaired) electrons. The number of carbonyl (C=O) groups excluding carboxylic acids is 4. The minimum Gasteiger partial charge on any atom is -0.508 e. The molecule has 4 heterocycles. The SMILES string of the molecule is COc1cc(O)cc(OC)c1C1C2=CCC3C(=O)N(CCCC(=O)O)C(=O)C3C2CC2C(=O)N(c3cc(-c4sc5ccc(Cl)cc5c4C)nn3C)C(=O)C21C. The van der Waals surface area contributed by atoms with Crippen LogP contribution in [0.2, 0.25) is 5.02 Å². The molecule has 3 fully saturated rings. The first kappa shape index (κ1) is 36.8. The van der Waals surface area contributed by atoms with Crippen molar-refractivity contribution in [3.05, 3.63) is 64.2 Å². The monoisotopic (exact) mass is 786 g/mol. The second kappa shape index (κ2) is 13.2. The summed E-state index contributed by atoms with van der Waals surface area (Å²) in [6.07, 6.45) is 2.17. The van der Waals surface area contributed by atoms with Crippen molar-refractivity contribution in [1.29, 1.82) is 0 Å². The maximum atomic E-state index is 15.2. The number of benzene rings is 2. The molecule has 4 aromatic rings. The molecule has 4 aliphatic rings. The Morgan fingerprint density at radius 1 is 1.04 bits per heavy atom. The number of aromatic nitrogens is 2. The first-order valence-electron chi connectivity index (χ1n) is 18.0. The standard InChI is InChI=1S/C40H39ClN4O9S/c1-18-23-13-19(41)8-11-29(23)55-35(18)26-17-30(43(3)42-26)45-37(50)25-16-24-21(9-10-22-32(24)38(51)44(36(22)49)12-6-7-31(47)48)34(40(25,2)39(45)52)33-27(53-4)14-20(46)15-28(33)54-5/h8-9,11,13-15,17,22,24-25,32,34,46H,6-7,10,12,16H2,1-5H3,(H,47,48). The van der Waals surface area contributed by atoms with E-state index < -0.39 is 58.7 Å². The van der Waals surface area contributed by atoms with E-state index in [0.29, 0.717) is 21.9 Å². The number of aryl methyl sites for hydroxylation is 2. The minimum atomic E-state index is -1.43. The highest BCUT2D eigenvalue weighted by atomic mass is 35.5. The van der Waals surface area contributed by atoms with Crippen molar-refractivity contribution in [3.8, 4) is 27.8 Å². The lowest BCUT2D eigenvalue weighted by atomic mass is 9.51. The third kappa shape index (κ3) is 5.39. The summed E-state index contributed by atoms with van der Waals surface area (Å²) in [6, 6.07) is 10.3. The van der Waals surface area contributed by atoms with Gasteiger partial charge in [0.05, 0.1) is 42.3 Å². The third-order valence-electron chi connectivity index (χ3n) is 12.2. The zero-order chi connectivity index (χ0) is 39.2. The summed E-state index contributed by atoms with van der Waals surface area (Å²) in [6.45, 7) is 3.71. The number of amides is 4. The second-order valence-corrected chi connectivity index (χ2v) is 16.4. The number of thiophene rings is 1. The molecule has 8 rings (SSSR count). The lowest BCUT2D eigenvalue weighted by Gasteiger charge is -2.49. The smallest absolute Gasteiger partial charge is 0.303 e. The van der Waals surface area contributed by atoms with Crippen LogP contribution in [0.15, 0.2) is 48.0 Å². The van der Waals surface area contributed by atoms with Crippen LogP contribution < -0.4 is 14.4 Å². The van der Waals surface area contributed by atoms with Gasteiger partial charge in [0.25, 0.3) is 0 Å². The third-order valence-corrected chi connectivity index (χ3v) is 13.7. The Morgan fingerprint density at radius 3 is 2.42 bits per heavy atom.